The van der Waals surface area contributed by atoms with E-state index in [1.165, 1.54) is 11.8 Å². The normalized spacial score (nSPS) is 11.0. The SMILES string of the molecule is O=C(CSc1nc2ccccc2o1)Nc1nc(-c2ccccc2)c(-c2ccccc2)o1. The third kappa shape index (κ3) is 4.22. The number of hydrogen-bond donors (Lipinski definition) is 1. The van der Waals surface area contributed by atoms with E-state index >= 15 is 0 Å². The number of carbonyl (C=O) groups is 1. The first-order valence-corrected chi connectivity index (χ1v) is 10.6. The van der Waals surface area contributed by atoms with Gasteiger partial charge in [-0.2, -0.15) is 4.98 Å². The largest absolute Gasteiger partial charge is 0.431 e. The highest BCUT2D eigenvalue weighted by Crippen LogP contribution is 2.34. The van der Waals surface area contributed by atoms with Crippen LogP contribution in [0.25, 0.3) is 33.7 Å². The lowest BCUT2D eigenvalue weighted by Gasteiger charge is -2.00. The first-order chi connectivity index (χ1) is 15.3. The Hall–Kier alpha value is -3.84. The molecule has 152 valence electrons. The van der Waals surface area contributed by atoms with E-state index in [1.807, 2.05) is 84.9 Å². The second kappa shape index (κ2) is 8.49. The van der Waals surface area contributed by atoms with Crippen LogP contribution in [-0.4, -0.2) is 21.6 Å². The number of fused-ring (bicyclic) bond motifs is 1. The van der Waals surface area contributed by atoms with Crippen molar-refractivity contribution in [2.75, 3.05) is 11.1 Å². The Labute approximate surface area is 182 Å². The highest BCUT2D eigenvalue weighted by molar-refractivity contribution is 7.99. The van der Waals surface area contributed by atoms with Crippen molar-refractivity contribution in [3.8, 4) is 22.6 Å². The standard InChI is InChI=1S/C24H17N3O3S/c28-20(15-31-24-25-18-13-7-8-14-19(18)29-24)26-23-27-21(16-9-3-1-4-10-16)22(30-23)17-11-5-2-6-12-17/h1-14H,15H2,(H,26,27,28). The van der Waals surface area contributed by atoms with Crippen molar-refractivity contribution < 1.29 is 13.6 Å². The zero-order valence-corrected chi connectivity index (χ0v) is 17.1. The molecule has 0 aliphatic rings. The van der Waals surface area contributed by atoms with E-state index in [2.05, 4.69) is 15.3 Å². The molecule has 0 atom stereocenters. The summed E-state index contributed by atoms with van der Waals surface area (Å²) in [6.45, 7) is 0. The fourth-order valence-corrected chi connectivity index (χ4v) is 3.78. The van der Waals surface area contributed by atoms with Gasteiger partial charge in [-0.3, -0.25) is 10.1 Å². The molecule has 0 saturated heterocycles. The molecule has 2 aromatic heterocycles. The molecule has 1 amide bonds. The van der Waals surface area contributed by atoms with Crippen molar-refractivity contribution >= 4 is 34.8 Å². The molecular weight excluding hydrogens is 410 g/mol. The molecule has 2 heterocycles. The molecule has 0 fully saturated rings. The Morgan fingerprint density at radius 2 is 1.48 bits per heavy atom. The van der Waals surface area contributed by atoms with Crippen LogP contribution in [-0.2, 0) is 4.79 Å². The summed E-state index contributed by atoms with van der Waals surface area (Å²) in [5.41, 5.74) is 3.92. The van der Waals surface area contributed by atoms with Crippen LogP contribution >= 0.6 is 11.8 Å². The summed E-state index contributed by atoms with van der Waals surface area (Å²) in [5.74, 6) is 0.470. The van der Waals surface area contributed by atoms with Gasteiger partial charge in [0.25, 0.3) is 5.22 Å². The fraction of sp³-hybridized carbons (Fsp3) is 0.0417. The average molecular weight is 427 g/mol. The molecule has 1 N–H and O–H groups in total. The fourth-order valence-electron chi connectivity index (χ4n) is 3.15. The minimum absolute atomic E-state index is 0.122. The number of anilines is 1. The summed E-state index contributed by atoms with van der Waals surface area (Å²) in [6.07, 6.45) is 0. The molecule has 0 radical (unpaired) electrons. The highest BCUT2D eigenvalue weighted by Gasteiger charge is 2.18. The van der Waals surface area contributed by atoms with E-state index in [-0.39, 0.29) is 17.7 Å². The van der Waals surface area contributed by atoms with Crippen molar-refractivity contribution in [3.63, 3.8) is 0 Å². The van der Waals surface area contributed by atoms with Gasteiger partial charge in [0.05, 0.1) is 5.75 Å². The van der Waals surface area contributed by atoms with E-state index in [1.54, 1.807) is 0 Å². The van der Waals surface area contributed by atoms with Crippen molar-refractivity contribution in [3.05, 3.63) is 84.9 Å². The van der Waals surface area contributed by atoms with Gasteiger partial charge in [-0.1, -0.05) is 84.6 Å². The van der Waals surface area contributed by atoms with Crippen LogP contribution in [0, 0.1) is 0 Å². The van der Waals surface area contributed by atoms with Gasteiger partial charge in [-0.15, -0.1) is 0 Å². The number of nitrogens with one attached hydrogen (secondary N) is 1. The summed E-state index contributed by atoms with van der Waals surface area (Å²) >= 11 is 1.22. The molecule has 0 bridgehead atoms. The van der Waals surface area contributed by atoms with Crippen LogP contribution in [0.2, 0.25) is 0 Å². The van der Waals surface area contributed by atoms with Gasteiger partial charge < -0.3 is 8.83 Å². The Bertz CT molecular complexity index is 1240. The Morgan fingerprint density at radius 3 is 2.23 bits per heavy atom. The van der Waals surface area contributed by atoms with Crippen LogP contribution in [0.1, 0.15) is 0 Å². The maximum atomic E-state index is 12.5. The third-order valence-corrected chi connectivity index (χ3v) is 5.39. The number of thioether (sulfide) groups is 1. The molecular formula is C24H17N3O3S. The first-order valence-electron chi connectivity index (χ1n) is 9.66. The van der Waals surface area contributed by atoms with Crippen LogP contribution in [0.15, 0.2) is 99.0 Å². The van der Waals surface area contributed by atoms with Gasteiger partial charge in [-0.05, 0) is 12.1 Å². The molecule has 31 heavy (non-hydrogen) atoms. The Morgan fingerprint density at radius 1 is 0.806 bits per heavy atom. The lowest BCUT2D eigenvalue weighted by atomic mass is 10.1. The van der Waals surface area contributed by atoms with Gasteiger partial charge in [0, 0.05) is 11.1 Å². The Balaban J connectivity index is 1.35. The third-order valence-electron chi connectivity index (χ3n) is 4.56. The smallest absolute Gasteiger partial charge is 0.302 e. The van der Waals surface area contributed by atoms with Crippen molar-refractivity contribution in [2.24, 2.45) is 0 Å². The number of benzene rings is 3. The number of nitrogens with zero attached hydrogens (tertiary/aromatic N) is 2. The van der Waals surface area contributed by atoms with Gasteiger partial charge in [0.2, 0.25) is 5.91 Å². The lowest BCUT2D eigenvalue weighted by molar-refractivity contribution is -0.113. The zero-order chi connectivity index (χ0) is 21.0. The van der Waals surface area contributed by atoms with E-state index in [0.29, 0.717) is 22.3 Å². The van der Waals surface area contributed by atoms with E-state index < -0.39 is 0 Å². The first kappa shape index (κ1) is 19.1. The molecule has 5 aromatic rings. The molecule has 7 heteroatoms. The second-order valence-electron chi connectivity index (χ2n) is 6.71. The molecule has 5 rings (SSSR count). The lowest BCUT2D eigenvalue weighted by Crippen LogP contribution is -2.14. The van der Waals surface area contributed by atoms with E-state index in [9.17, 15) is 4.79 Å². The summed E-state index contributed by atoms with van der Waals surface area (Å²) in [5, 5.41) is 3.18. The minimum Gasteiger partial charge on any atom is -0.431 e. The number of rotatable bonds is 6. The van der Waals surface area contributed by atoms with Gasteiger partial charge in [0.15, 0.2) is 11.3 Å². The molecule has 3 aromatic carbocycles. The van der Waals surface area contributed by atoms with Crippen molar-refractivity contribution in [1.29, 1.82) is 0 Å². The van der Waals surface area contributed by atoms with Crippen LogP contribution < -0.4 is 5.32 Å². The predicted octanol–water partition coefficient (Wildman–Crippen LogP) is 5.88. The van der Waals surface area contributed by atoms with E-state index in [4.69, 9.17) is 8.83 Å². The number of carbonyl (C=O) groups excluding carboxylic acids is 1. The summed E-state index contributed by atoms with van der Waals surface area (Å²) in [4.78, 5) is 21.4. The maximum absolute atomic E-state index is 12.5. The summed E-state index contributed by atoms with van der Waals surface area (Å²) in [7, 11) is 0. The predicted molar refractivity (Wildman–Crippen MR) is 121 cm³/mol. The molecule has 0 spiro atoms. The highest BCUT2D eigenvalue weighted by atomic mass is 32.2. The Kier molecular flexibility index (Phi) is 5.24. The second-order valence-corrected chi connectivity index (χ2v) is 7.64. The van der Waals surface area contributed by atoms with Crippen molar-refractivity contribution in [2.45, 2.75) is 5.22 Å². The summed E-state index contributed by atoms with van der Waals surface area (Å²) < 4.78 is 11.6. The van der Waals surface area contributed by atoms with Crippen LogP contribution in [0.5, 0.6) is 0 Å². The molecule has 6 nitrogen and oxygen atoms in total. The quantitative estimate of drug-likeness (QED) is 0.341. The number of aromatic nitrogens is 2. The zero-order valence-electron chi connectivity index (χ0n) is 16.3. The number of hydrogen-bond acceptors (Lipinski definition) is 6. The number of oxazole rings is 2. The molecule has 0 aliphatic carbocycles. The van der Waals surface area contributed by atoms with Crippen LogP contribution in [0.4, 0.5) is 6.01 Å². The number of para-hydroxylation sites is 2. The average Bonchev–Trinajstić information content (AvgIpc) is 3.43. The van der Waals surface area contributed by atoms with Crippen molar-refractivity contribution in [1.82, 2.24) is 9.97 Å². The molecule has 0 aliphatic heterocycles. The van der Waals surface area contributed by atoms with E-state index in [0.717, 1.165) is 16.6 Å². The van der Waals surface area contributed by atoms with Crippen LogP contribution in [0.3, 0.4) is 0 Å². The van der Waals surface area contributed by atoms with Gasteiger partial charge >= 0.3 is 6.01 Å². The molecule has 0 unspecified atom stereocenters. The maximum Gasteiger partial charge on any atom is 0.302 e. The number of amides is 1. The topological polar surface area (TPSA) is 81.2 Å². The summed E-state index contributed by atoms with van der Waals surface area (Å²) in [6, 6.07) is 27.1. The molecule has 0 saturated carbocycles. The van der Waals surface area contributed by atoms with Gasteiger partial charge in [-0.25, -0.2) is 4.98 Å². The monoisotopic (exact) mass is 427 g/mol. The van der Waals surface area contributed by atoms with Gasteiger partial charge in [0.1, 0.15) is 11.2 Å². The minimum atomic E-state index is -0.257.